The largest absolute Gasteiger partial charge is 0.456 e. The highest BCUT2D eigenvalue weighted by molar-refractivity contribution is 6.19. The molecule has 0 aliphatic heterocycles. The second-order valence-electron chi connectivity index (χ2n) is 13.7. The molecule has 11 rings (SSSR count). The van der Waals surface area contributed by atoms with Gasteiger partial charge < -0.3 is 8.83 Å². The summed E-state index contributed by atoms with van der Waals surface area (Å²) in [6.45, 7) is 0. The molecule has 0 fully saturated rings. The van der Waals surface area contributed by atoms with Crippen molar-refractivity contribution in [3.05, 3.63) is 182 Å². The number of para-hydroxylation sites is 1. The second-order valence-corrected chi connectivity index (χ2v) is 13.7. The van der Waals surface area contributed by atoms with Crippen LogP contribution in [0.5, 0.6) is 0 Å². The number of hydrogen-bond donors (Lipinski definition) is 0. The number of furan rings is 2. The van der Waals surface area contributed by atoms with Gasteiger partial charge in [0, 0.05) is 43.8 Å². The SMILES string of the molecule is c1ccc(-c2cccc(-c3ccc(-c4cc(-c5cccc6oc7ccccc7c56)nc(-c5ccccc5)n4)c4c3oc3cc5ccccc5cc34)c2)cc1. The zero-order chi connectivity index (χ0) is 35.6. The van der Waals surface area contributed by atoms with E-state index in [-0.39, 0.29) is 0 Å². The lowest BCUT2D eigenvalue weighted by molar-refractivity contribution is 0.669. The summed E-state index contributed by atoms with van der Waals surface area (Å²) in [5.74, 6) is 0.652. The van der Waals surface area contributed by atoms with Gasteiger partial charge in [0.2, 0.25) is 0 Å². The van der Waals surface area contributed by atoms with Crippen molar-refractivity contribution in [1.82, 2.24) is 9.97 Å². The minimum absolute atomic E-state index is 0.652. The highest BCUT2D eigenvalue weighted by atomic mass is 16.3. The summed E-state index contributed by atoms with van der Waals surface area (Å²) < 4.78 is 13.2. The van der Waals surface area contributed by atoms with Crippen LogP contribution in [0.4, 0.5) is 0 Å². The lowest BCUT2D eigenvalue weighted by Crippen LogP contribution is -1.97. The first-order valence-corrected chi connectivity index (χ1v) is 18.1. The van der Waals surface area contributed by atoms with E-state index in [0.717, 1.165) is 99.4 Å². The van der Waals surface area contributed by atoms with Crippen LogP contribution in [0.3, 0.4) is 0 Å². The van der Waals surface area contributed by atoms with E-state index in [1.54, 1.807) is 0 Å². The molecule has 0 aliphatic carbocycles. The van der Waals surface area contributed by atoms with Crippen molar-refractivity contribution >= 4 is 54.6 Å². The average Bonchev–Trinajstić information content (AvgIpc) is 3.81. The number of fused-ring (bicyclic) bond motifs is 7. The number of nitrogens with zero attached hydrogens (tertiary/aromatic N) is 2. The van der Waals surface area contributed by atoms with Gasteiger partial charge in [-0.1, -0.05) is 140 Å². The van der Waals surface area contributed by atoms with Crippen LogP contribution in [0.2, 0.25) is 0 Å². The molecule has 0 atom stereocenters. The quantitative estimate of drug-likeness (QED) is 0.180. The topological polar surface area (TPSA) is 52.1 Å². The Hall–Kier alpha value is -7.30. The Labute approximate surface area is 310 Å². The Morgan fingerprint density at radius 3 is 1.76 bits per heavy atom. The number of aromatic nitrogens is 2. The maximum atomic E-state index is 6.92. The summed E-state index contributed by atoms with van der Waals surface area (Å²) in [6, 6.07) is 63.1. The molecule has 0 aliphatic rings. The molecule has 0 radical (unpaired) electrons. The summed E-state index contributed by atoms with van der Waals surface area (Å²) in [5.41, 5.74) is 12.3. The minimum atomic E-state index is 0.652. The normalized spacial score (nSPS) is 11.7. The third-order valence-electron chi connectivity index (χ3n) is 10.5. The Morgan fingerprint density at radius 2 is 0.944 bits per heavy atom. The van der Waals surface area contributed by atoms with Gasteiger partial charge in [0.15, 0.2) is 5.82 Å². The zero-order valence-corrected chi connectivity index (χ0v) is 29.0. The van der Waals surface area contributed by atoms with E-state index in [4.69, 9.17) is 18.8 Å². The van der Waals surface area contributed by atoms with E-state index in [1.807, 2.05) is 48.5 Å². The van der Waals surface area contributed by atoms with Crippen LogP contribution in [-0.4, -0.2) is 9.97 Å². The smallest absolute Gasteiger partial charge is 0.160 e. The van der Waals surface area contributed by atoms with Crippen molar-refractivity contribution in [2.24, 2.45) is 0 Å². The first kappa shape index (κ1) is 30.3. The van der Waals surface area contributed by atoms with E-state index >= 15 is 0 Å². The fraction of sp³-hybridized carbons (Fsp3) is 0. The Kier molecular flexibility index (Phi) is 6.82. The van der Waals surface area contributed by atoms with Crippen molar-refractivity contribution < 1.29 is 8.83 Å². The summed E-state index contributed by atoms with van der Waals surface area (Å²) >= 11 is 0. The molecule has 0 bridgehead atoms. The molecule has 4 heteroatoms. The van der Waals surface area contributed by atoms with Crippen molar-refractivity contribution in [3.8, 4) is 56.2 Å². The first-order chi connectivity index (χ1) is 26.7. The van der Waals surface area contributed by atoms with Crippen LogP contribution < -0.4 is 0 Å². The summed E-state index contributed by atoms with van der Waals surface area (Å²) in [4.78, 5) is 10.5. The molecule has 8 aromatic carbocycles. The van der Waals surface area contributed by atoms with Crippen molar-refractivity contribution in [2.75, 3.05) is 0 Å². The molecule has 54 heavy (non-hydrogen) atoms. The fourth-order valence-corrected chi connectivity index (χ4v) is 7.93. The maximum Gasteiger partial charge on any atom is 0.160 e. The monoisotopic (exact) mass is 690 g/mol. The predicted octanol–water partition coefficient (Wildman–Crippen LogP) is 13.8. The Morgan fingerprint density at radius 1 is 0.333 bits per heavy atom. The van der Waals surface area contributed by atoms with Gasteiger partial charge in [-0.15, -0.1) is 0 Å². The van der Waals surface area contributed by atoms with Crippen LogP contribution in [0, 0.1) is 0 Å². The third kappa shape index (κ3) is 4.92. The van der Waals surface area contributed by atoms with E-state index in [9.17, 15) is 0 Å². The molecule has 11 aromatic rings. The van der Waals surface area contributed by atoms with Gasteiger partial charge in [-0.2, -0.15) is 0 Å². The molecule has 3 heterocycles. The molecule has 252 valence electrons. The molecular weight excluding hydrogens is 661 g/mol. The van der Waals surface area contributed by atoms with Crippen LogP contribution in [-0.2, 0) is 0 Å². The summed E-state index contributed by atoms with van der Waals surface area (Å²) in [7, 11) is 0. The fourth-order valence-electron chi connectivity index (χ4n) is 7.93. The molecule has 0 saturated carbocycles. The van der Waals surface area contributed by atoms with E-state index < -0.39 is 0 Å². The van der Waals surface area contributed by atoms with Crippen LogP contribution in [0.1, 0.15) is 0 Å². The van der Waals surface area contributed by atoms with Crippen LogP contribution >= 0.6 is 0 Å². The number of hydrogen-bond acceptors (Lipinski definition) is 4. The van der Waals surface area contributed by atoms with E-state index in [0.29, 0.717) is 5.82 Å². The molecule has 0 spiro atoms. The Balaban J connectivity index is 1.20. The van der Waals surface area contributed by atoms with Gasteiger partial charge in [-0.05, 0) is 69.9 Å². The summed E-state index contributed by atoms with van der Waals surface area (Å²) in [5, 5.41) is 6.45. The molecule has 0 N–H and O–H groups in total. The second kappa shape index (κ2) is 12.1. The average molecular weight is 691 g/mol. The lowest BCUT2D eigenvalue weighted by atomic mass is 9.94. The van der Waals surface area contributed by atoms with Gasteiger partial charge in [-0.3, -0.25) is 0 Å². The molecule has 0 amide bonds. The molecular formula is C50H30N2O2. The molecule has 0 unspecified atom stereocenters. The van der Waals surface area contributed by atoms with Crippen molar-refractivity contribution in [2.45, 2.75) is 0 Å². The maximum absolute atomic E-state index is 6.92. The highest BCUT2D eigenvalue weighted by Crippen LogP contribution is 2.44. The third-order valence-corrected chi connectivity index (χ3v) is 10.5. The van der Waals surface area contributed by atoms with E-state index in [2.05, 4.69) is 133 Å². The van der Waals surface area contributed by atoms with Gasteiger partial charge in [0.05, 0.1) is 11.4 Å². The number of rotatable bonds is 5. The van der Waals surface area contributed by atoms with E-state index in [1.165, 1.54) is 5.56 Å². The first-order valence-electron chi connectivity index (χ1n) is 18.1. The number of benzene rings is 8. The van der Waals surface area contributed by atoms with Crippen LogP contribution in [0.25, 0.3) is 111 Å². The van der Waals surface area contributed by atoms with Gasteiger partial charge in [0.1, 0.15) is 22.3 Å². The summed E-state index contributed by atoms with van der Waals surface area (Å²) in [6.07, 6.45) is 0. The predicted molar refractivity (Wildman–Crippen MR) is 221 cm³/mol. The standard InChI is InChI=1S/C50H30N2O2/c1-3-13-31(14-4-1)33-19-11-20-36(27-33)37-25-26-39(48-41-28-34-17-7-8-18-35(34)29-46(41)54-49(37)48)43-30-42(51-50(52-43)32-15-5-2-6-16-32)38-22-12-24-45-47(38)40-21-9-10-23-44(40)53-45/h1-30H. The lowest BCUT2D eigenvalue weighted by Gasteiger charge is -2.13. The Bertz CT molecular complexity index is 3210. The highest BCUT2D eigenvalue weighted by Gasteiger charge is 2.22. The molecule has 4 nitrogen and oxygen atoms in total. The zero-order valence-electron chi connectivity index (χ0n) is 29.0. The molecule has 3 aromatic heterocycles. The van der Waals surface area contributed by atoms with Gasteiger partial charge >= 0.3 is 0 Å². The van der Waals surface area contributed by atoms with Crippen molar-refractivity contribution in [1.29, 1.82) is 0 Å². The molecule has 0 saturated heterocycles. The van der Waals surface area contributed by atoms with Gasteiger partial charge in [-0.25, -0.2) is 9.97 Å². The van der Waals surface area contributed by atoms with Crippen molar-refractivity contribution in [3.63, 3.8) is 0 Å². The van der Waals surface area contributed by atoms with Crippen LogP contribution in [0.15, 0.2) is 191 Å². The van der Waals surface area contributed by atoms with Gasteiger partial charge in [0.25, 0.3) is 0 Å². The minimum Gasteiger partial charge on any atom is -0.456 e.